The molecule has 0 aliphatic heterocycles. The van der Waals surface area contributed by atoms with Gasteiger partial charge < -0.3 is 9.52 Å². The molecular formula is C15H9BrO3. The van der Waals surface area contributed by atoms with Crippen molar-refractivity contribution in [2.45, 2.75) is 0 Å². The van der Waals surface area contributed by atoms with E-state index in [2.05, 4.69) is 15.9 Å². The largest absolute Gasteiger partial charge is 0.507 e. The van der Waals surface area contributed by atoms with Crippen molar-refractivity contribution in [3.63, 3.8) is 0 Å². The average molecular weight is 317 g/mol. The minimum atomic E-state index is -0.462. The Morgan fingerprint density at radius 2 is 1.79 bits per heavy atom. The number of hydrogen-bond acceptors (Lipinski definition) is 3. The van der Waals surface area contributed by atoms with Crippen molar-refractivity contribution in [1.82, 2.24) is 0 Å². The molecule has 0 saturated heterocycles. The van der Waals surface area contributed by atoms with E-state index in [0.29, 0.717) is 16.7 Å². The van der Waals surface area contributed by atoms with Crippen LogP contribution >= 0.6 is 15.9 Å². The lowest BCUT2D eigenvalue weighted by Crippen LogP contribution is -2.02. The van der Waals surface area contributed by atoms with Crippen LogP contribution in [0.2, 0.25) is 0 Å². The van der Waals surface area contributed by atoms with E-state index < -0.39 is 5.63 Å². The summed E-state index contributed by atoms with van der Waals surface area (Å²) < 4.78 is 6.17. The first-order valence-electron chi connectivity index (χ1n) is 5.67. The molecule has 0 aliphatic carbocycles. The van der Waals surface area contributed by atoms with Crippen LogP contribution in [-0.2, 0) is 0 Å². The Labute approximate surface area is 117 Å². The van der Waals surface area contributed by atoms with Crippen LogP contribution in [0.4, 0.5) is 0 Å². The minimum Gasteiger partial charge on any atom is -0.507 e. The summed E-state index contributed by atoms with van der Waals surface area (Å²) in [6, 6.07) is 13.8. The Bertz CT molecular complexity index is 821. The fourth-order valence-electron chi connectivity index (χ4n) is 1.98. The highest BCUT2D eigenvalue weighted by atomic mass is 79.9. The summed E-state index contributed by atoms with van der Waals surface area (Å²) >= 11 is 3.38. The number of halogens is 1. The molecule has 0 radical (unpaired) electrons. The van der Waals surface area contributed by atoms with E-state index in [1.807, 2.05) is 12.1 Å². The van der Waals surface area contributed by atoms with Crippen LogP contribution in [0, 0.1) is 0 Å². The SMILES string of the molecule is O=c1oc2ccc(Br)cc2cc1-c1ccccc1O. The number of phenols is 1. The van der Waals surface area contributed by atoms with E-state index in [-0.39, 0.29) is 5.75 Å². The second kappa shape index (κ2) is 4.55. The highest BCUT2D eigenvalue weighted by molar-refractivity contribution is 9.10. The normalized spacial score (nSPS) is 10.8. The van der Waals surface area contributed by atoms with Crippen LogP contribution in [0.5, 0.6) is 5.75 Å². The molecule has 1 N–H and O–H groups in total. The van der Waals surface area contributed by atoms with Gasteiger partial charge in [0.2, 0.25) is 0 Å². The summed E-state index contributed by atoms with van der Waals surface area (Å²) in [7, 11) is 0. The van der Waals surface area contributed by atoms with Crippen molar-refractivity contribution in [3.05, 3.63) is 63.4 Å². The monoisotopic (exact) mass is 316 g/mol. The smallest absolute Gasteiger partial charge is 0.344 e. The first kappa shape index (κ1) is 12.0. The second-order valence-electron chi connectivity index (χ2n) is 4.15. The van der Waals surface area contributed by atoms with Crippen LogP contribution in [0.3, 0.4) is 0 Å². The van der Waals surface area contributed by atoms with Crippen molar-refractivity contribution in [2.24, 2.45) is 0 Å². The zero-order chi connectivity index (χ0) is 13.4. The van der Waals surface area contributed by atoms with Crippen LogP contribution in [0.15, 0.2) is 62.2 Å². The van der Waals surface area contributed by atoms with Gasteiger partial charge in [-0.3, -0.25) is 0 Å². The van der Waals surface area contributed by atoms with E-state index >= 15 is 0 Å². The van der Waals surface area contributed by atoms with Gasteiger partial charge in [-0.1, -0.05) is 34.1 Å². The van der Waals surface area contributed by atoms with Crippen molar-refractivity contribution in [3.8, 4) is 16.9 Å². The van der Waals surface area contributed by atoms with E-state index in [1.165, 1.54) is 0 Å². The molecule has 4 heteroatoms. The summed E-state index contributed by atoms with van der Waals surface area (Å²) in [6.45, 7) is 0. The number of aromatic hydroxyl groups is 1. The Balaban J connectivity index is 2.33. The topological polar surface area (TPSA) is 50.4 Å². The fourth-order valence-corrected chi connectivity index (χ4v) is 2.36. The van der Waals surface area contributed by atoms with Gasteiger partial charge in [0, 0.05) is 15.4 Å². The first-order valence-corrected chi connectivity index (χ1v) is 6.46. The molecule has 3 rings (SSSR count). The van der Waals surface area contributed by atoms with Crippen molar-refractivity contribution in [1.29, 1.82) is 0 Å². The number of benzene rings is 2. The van der Waals surface area contributed by atoms with Crippen molar-refractivity contribution in [2.75, 3.05) is 0 Å². The number of para-hydroxylation sites is 1. The maximum absolute atomic E-state index is 12.0. The molecular weight excluding hydrogens is 308 g/mol. The van der Waals surface area contributed by atoms with E-state index in [9.17, 15) is 9.90 Å². The molecule has 0 bridgehead atoms. The van der Waals surface area contributed by atoms with Crippen LogP contribution in [0.25, 0.3) is 22.1 Å². The number of phenolic OH excluding ortho intramolecular Hbond substituents is 1. The molecule has 0 aliphatic rings. The average Bonchev–Trinajstić information content (AvgIpc) is 2.39. The molecule has 3 aromatic rings. The van der Waals surface area contributed by atoms with Crippen molar-refractivity contribution >= 4 is 26.9 Å². The van der Waals surface area contributed by atoms with Gasteiger partial charge >= 0.3 is 5.63 Å². The molecule has 0 spiro atoms. The lowest BCUT2D eigenvalue weighted by atomic mass is 10.1. The van der Waals surface area contributed by atoms with Gasteiger partial charge in [-0.25, -0.2) is 4.79 Å². The van der Waals surface area contributed by atoms with E-state index in [0.717, 1.165) is 9.86 Å². The van der Waals surface area contributed by atoms with Crippen LogP contribution in [-0.4, -0.2) is 5.11 Å². The number of fused-ring (bicyclic) bond motifs is 1. The molecule has 1 heterocycles. The molecule has 94 valence electrons. The lowest BCUT2D eigenvalue weighted by Gasteiger charge is -2.04. The van der Waals surface area contributed by atoms with Gasteiger partial charge in [0.15, 0.2) is 0 Å². The molecule has 19 heavy (non-hydrogen) atoms. The molecule has 2 aromatic carbocycles. The summed E-state index contributed by atoms with van der Waals surface area (Å²) in [5.74, 6) is 0.0594. The Hall–Kier alpha value is -2.07. The standard InChI is InChI=1S/C15H9BrO3/c16-10-5-6-14-9(7-10)8-12(15(18)19-14)11-3-1-2-4-13(11)17/h1-8,17H. The lowest BCUT2D eigenvalue weighted by molar-refractivity contribution is 0.476. The third-order valence-corrected chi connectivity index (χ3v) is 3.38. The summed E-state index contributed by atoms with van der Waals surface area (Å²) in [4.78, 5) is 12.0. The Morgan fingerprint density at radius 1 is 1.00 bits per heavy atom. The highest BCUT2D eigenvalue weighted by Crippen LogP contribution is 2.29. The molecule has 0 saturated carbocycles. The minimum absolute atomic E-state index is 0.0594. The van der Waals surface area contributed by atoms with Gasteiger partial charge in [-0.15, -0.1) is 0 Å². The molecule has 0 amide bonds. The zero-order valence-corrected chi connectivity index (χ0v) is 11.3. The van der Waals surface area contributed by atoms with Crippen LogP contribution in [0.1, 0.15) is 0 Å². The van der Waals surface area contributed by atoms with Gasteiger partial charge in [0.1, 0.15) is 11.3 Å². The van der Waals surface area contributed by atoms with Gasteiger partial charge in [0.05, 0.1) is 5.56 Å². The van der Waals surface area contributed by atoms with Gasteiger partial charge in [0.25, 0.3) is 0 Å². The molecule has 0 fully saturated rings. The highest BCUT2D eigenvalue weighted by Gasteiger charge is 2.11. The number of hydrogen-bond donors (Lipinski definition) is 1. The van der Waals surface area contributed by atoms with E-state index in [4.69, 9.17) is 4.42 Å². The second-order valence-corrected chi connectivity index (χ2v) is 5.06. The molecule has 3 nitrogen and oxygen atoms in total. The summed E-state index contributed by atoms with van der Waals surface area (Å²) in [5, 5.41) is 10.6. The molecule has 0 atom stereocenters. The van der Waals surface area contributed by atoms with Crippen molar-refractivity contribution < 1.29 is 9.52 Å². The quantitative estimate of drug-likeness (QED) is 0.692. The number of rotatable bonds is 1. The third-order valence-electron chi connectivity index (χ3n) is 2.89. The maximum atomic E-state index is 12.0. The first-order chi connectivity index (χ1) is 9.15. The predicted molar refractivity (Wildman–Crippen MR) is 77.3 cm³/mol. The Morgan fingerprint density at radius 3 is 2.58 bits per heavy atom. The van der Waals surface area contributed by atoms with Gasteiger partial charge in [-0.05, 0) is 30.3 Å². The molecule has 1 aromatic heterocycles. The zero-order valence-electron chi connectivity index (χ0n) is 9.76. The summed E-state index contributed by atoms with van der Waals surface area (Å²) in [6.07, 6.45) is 0. The van der Waals surface area contributed by atoms with Crippen LogP contribution < -0.4 is 5.63 Å². The fraction of sp³-hybridized carbons (Fsp3) is 0. The Kier molecular flexibility index (Phi) is 2.87. The molecule has 0 unspecified atom stereocenters. The summed E-state index contributed by atoms with van der Waals surface area (Å²) in [5.41, 5.74) is 0.880. The van der Waals surface area contributed by atoms with Gasteiger partial charge in [-0.2, -0.15) is 0 Å². The van der Waals surface area contributed by atoms with E-state index in [1.54, 1.807) is 36.4 Å². The predicted octanol–water partition coefficient (Wildman–Crippen LogP) is 3.93. The third kappa shape index (κ3) is 2.15. The maximum Gasteiger partial charge on any atom is 0.344 e.